The van der Waals surface area contributed by atoms with Crippen LogP contribution in [-0.2, 0) is 16.1 Å². The van der Waals surface area contributed by atoms with Crippen LogP contribution in [0.3, 0.4) is 0 Å². The van der Waals surface area contributed by atoms with E-state index in [0.717, 1.165) is 58.3 Å². The van der Waals surface area contributed by atoms with E-state index in [-0.39, 0.29) is 11.6 Å². The maximum Gasteiger partial charge on any atom is 0.209 e. The highest BCUT2D eigenvalue weighted by atomic mass is 16.1. The van der Waals surface area contributed by atoms with E-state index < -0.39 is 0 Å². The van der Waals surface area contributed by atoms with Gasteiger partial charge in [0.05, 0.1) is 5.68 Å². The minimum absolute atomic E-state index is 0.0197. The first-order valence-corrected chi connectivity index (χ1v) is 9.09. The third kappa shape index (κ3) is 4.70. The molecule has 1 atom stereocenters. The van der Waals surface area contributed by atoms with Gasteiger partial charge in [0, 0.05) is 25.6 Å². The van der Waals surface area contributed by atoms with Gasteiger partial charge in [0.25, 0.3) is 0 Å². The first kappa shape index (κ1) is 17.2. The lowest BCUT2D eigenvalue weighted by molar-refractivity contribution is -0.122. The lowest BCUT2D eigenvalue weighted by Gasteiger charge is -2.33. The summed E-state index contributed by atoms with van der Waals surface area (Å²) < 4.78 is 0. The zero-order valence-electron chi connectivity index (χ0n) is 14.3. The number of nitrogens with zero attached hydrogens (tertiary/aromatic N) is 2. The molecule has 0 spiro atoms. The van der Waals surface area contributed by atoms with Gasteiger partial charge in [-0.3, -0.25) is 9.69 Å². The van der Waals surface area contributed by atoms with E-state index >= 15 is 0 Å². The molecule has 1 aromatic carbocycles. The van der Waals surface area contributed by atoms with Crippen molar-refractivity contribution >= 4 is 19.4 Å². The monoisotopic (exact) mass is 325 g/mol. The highest BCUT2D eigenvalue weighted by molar-refractivity contribution is 6.75. The van der Waals surface area contributed by atoms with Crippen LogP contribution in [-0.4, -0.2) is 55.4 Å². The Labute approximate surface area is 145 Å². The average Bonchev–Trinajstić information content (AvgIpc) is 2.64. The van der Waals surface area contributed by atoms with Gasteiger partial charge in [-0.25, -0.2) is 0 Å². The molecule has 1 radical (unpaired) electrons. The van der Waals surface area contributed by atoms with Crippen LogP contribution in [0.2, 0.25) is 5.82 Å². The van der Waals surface area contributed by atoms with Crippen molar-refractivity contribution in [3.63, 3.8) is 0 Å². The van der Waals surface area contributed by atoms with E-state index in [1.807, 2.05) is 13.3 Å². The number of likely N-dealkylation sites (tertiary alicyclic amines) is 2. The fourth-order valence-electron chi connectivity index (χ4n) is 3.82. The Morgan fingerprint density at radius 1 is 1.12 bits per heavy atom. The highest BCUT2D eigenvalue weighted by Gasteiger charge is 2.29. The number of hydrogen-bond acceptors (Lipinski definition) is 3. The summed E-state index contributed by atoms with van der Waals surface area (Å²) in [6, 6.07) is 10.6. The maximum absolute atomic E-state index is 12.5. The van der Waals surface area contributed by atoms with Gasteiger partial charge in [-0.1, -0.05) is 36.1 Å². The van der Waals surface area contributed by atoms with Crippen molar-refractivity contribution in [2.75, 3.05) is 26.2 Å². The van der Waals surface area contributed by atoms with Crippen molar-refractivity contribution in [1.29, 1.82) is 0 Å². The Hall–Kier alpha value is -1.62. The zero-order chi connectivity index (χ0) is 16.8. The van der Waals surface area contributed by atoms with Crippen LogP contribution in [0.15, 0.2) is 30.3 Å². The van der Waals surface area contributed by atoms with Gasteiger partial charge < -0.3 is 9.69 Å². The molecule has 2 saturated heterocycles. The van der Waals surface area contributed by atoms with E-state index in [1.165, 1.54) is 5.56 Å². The van der Waals surface area contributed by atoms with Gasteiger partial charge in [0.2, 0.25) is 13.7 Å². The number of carbonyl (C=O) groups excluding carboxylic acids is 2. The molecule has 0 N–H and O–H groups in total. The minimum atomic E-state index is 0.0197. The molecule has 24 heavy (non-hydrogen) atoms. The predicted molar refractivity (Wildman–Crippen MR) is 95.8 cm³/mol. The molecule has 1 amide bonds. The molecule has 4 nitrogen and oxygen atoms in total. The smallest absolute Gasteiger partial charge is 0.209 e. The molecular weight excluding hydrogens is 299 g/mol. The molecule has 3 rings (SSSR count). The number of benzene rings is 1. The summed E-state index contributed by atoms with van der Waals surface area (Å²) in [5.74, 6) is 0.419. The van der Waals surface area contributed by atoms with E-state index in [4.69, 9.17) is 0 Å². The molecular formula is C19H26BN2O2. The fourth-order valence-corrected chi connectivity index (χ4v) is 3.82. The van der Waals surface area contributed by atoms with Gasteiger partial charge in [-0.05, 0) is 44.3 Å². The second-order valence-corrected chi connectivity index (χ2v) is 7.11. The Morgan fingerprint density at radius 2 is 1.88 bits per heavy atom. The molecule has 0 bridgehead atoms. The van der Waals surface area contributed by atoms with Gasteiger partial charge in [-0.2, -0.15) is 0 Å². The van der Waals surface area contributed by atoms with Crippen LogP contribution >= 0.6 is 0 Å². The van der Waals surface area contributed by atoms with E-state index in [0.29, 0.717) is 12.4 Å². The molecule has 0 aromatic heterocycles. The van der Waals surface area contributed by atoms with Gasteiger partial charge in [-0.15, -0.1) is 0 Å². The fraction of sp³-hybridized carbons (Fsp3) is 0.579. The Bertz CT molecular complexity index is 544. The molecule has 1 aromatic rings. The van der Waals surface area contributed by atoms with Gasteiger partial charge in [0.15, 0.2) is 0 Å². The van der Waals surface area contributed by atoms with Crippen molar-refractivity contribution < 1.29 is 9.59 Å². The normalized spacial score (nSPS) is 23.0. The molecule has 2 aliphatic rings. The lowest BCUT2D eigenvalue weighted by atomic mass is 9.54. The van der Waals surface area contributed by atoms with Crippen LogP contribution in [0.4, 0.5) is 0 Å². The number of piperidine rings is 2. The first-order valence-electron chi connectivity index (χ1n) is 9.09. The third-order valence-electron chi connectivity index (χ3n) is 5.29. The molecule has 127 valence electrons. The van der Waals surface area contributed by atoms with Crippen LogP contribution in [0.5, 0.6) is 0 Å². The van der Waals surface area contributed by atoms with Crippen molar-refractivity contribution in [2.45, 2.75) is 38.0 Å². The molecule has 0 saturated carbocycles. The second-order valence-electron chi connectivity index (χ2n) is 7.11. The van der Waals surface area contributed by atoms with E-state index in [9.17, 15) is 9.59 Å². The van der Waals surface area contributed by atoms with Gasteiger partial charge in [0.1, 0.15) is 0 Å². The summed E-state index contributed by atoms with van der Waals surface area (Å²) in [5.41, 5.74) is 1.61. The van der Waals surface area contributed by atoms with Crippen molar-refractivity contribution in [2.24, 2.45) is 5.92 Å². The largest absolute Gasteiger partial charge is 0.345 e. The first-order chi connectivity index (χ1) is 11.7. The number of carbonyl (C=O) groups is 2. The lowest BCUT2D eigenvalue weighted by Crippen LogP contribution is -2.41. The zero-order valence-corrected chi connectivity index (χ0v) is 14.3. The number of amides is 1. The van der Waals surface area contributed by atoms with Crippen molar-refractivity contribution in [3.8, 4) is 0 Å². The Balaban J connectivity index is 1.42. The molecule has 2 aliphatic heterocycles. The molecule has 2 fully saturated rings. The summed E-state index contributed by atoms with van der Waals surface area (Å²) in [7, 11) is 1.96. The van der Waals surface area contributed by atoms with E-state index in [2.05, 4.69) is 29.2 Å². The standard InChI is InChI=1S/C19H26BN2O2/c23-15-22-10-4-7-17(14-22)19(24)20-18-8-11-21(12-9-18)13-16-5-2-1-3-6-16/h1-3,5-6,15,17-18H,4,7-14H2. The van der Waals surface area contributed by atoms with Crippen LogP contribution in [0, 0.1) is 5.92 Å². The van der Waals surface area contributed by atoms with E-state index in [1.54, 1.807) is 4.90 Å². The van der Waals surface area contributed by atoms with Crippen LogP contribution in [0.1, 0.15) is 31.2 Å². The number of hydrogen-bond donors (Lipinski definition) is 0. The molecule has 5 heteroatoms. The molecule has 1 unspecified atom stereocenters. The Morgan fingerprint density at radius 3 is 2.58 bits per heavy atom. The Kier molecular flexibility index (Phi) is 6.08. The topological polar surface area (TPSA) is 40.6 Å². The number of rotatable bonds is 6. The summed E-state index contributed by atoms with van der Waals surface area (Å²) in [6.07, 6.45) is 4.86. The molecule has 2 heterocycles. The summed E-state index contributed by atoms with van der Waals surface area (Å²) in [5, 5.41) is 0. The maximum atomic E-state index is 12.5. The summed E-state index contributed by atoms with van der Waals surface area (Å²) in [6.45, 7) is 4.50. The SMILES string of the molecule is O=CN1CCCC(C(=O)[B]C2CCN(Cc3ccccc3)CC2)C1. The van der Waals surface area contributed by atoms with Crippen molar-refractivity contribution in [3.05, 3.63) is 35.9 Å². The van der Waals surface area contributed by atoms with Crippen molar-refractivity contribution in [1.82, 2.24) is 9.80 Å². The minimum Gasteiger partial charge on any atom is -0.345 e. The van der Waals surface area contributed by atoms with Crippen LogP contribution < -0.4 is 0 Å². The predicted octanol–water partition coefficient (Wildman–Crippen LogP) is 2.17. The van der Waals surface area contributed by atoms with Gasteiger partial charge >= 0.3 is 0 Å². The molecule has 0 aliphatic carbocycles. The summed E-state index contributed by atoms with van der Waals surface area (Å²) in [4.78, 5) is 27.6. The highest BCUT2D eigenvalue weighted by Crippen LogP contribution is 2.25. The third-order valence-corrected chi connectivity index (χ3v) is 5.29. The van der Waals surface area contributed by atoms with Crippen LogP contribution in [0.25, 0.3) is 0 Å². The second kappa shape index (κ2) is 8.47. The summed E-state index contributed by atoms with van der Waals surface area (Å²) >= 11 is 0. The quantitative estimate of drug-likeness (QED) is 0.594. The average molecular weight is 325 g/mol.